The molecule has 1 aliphatic rings. The van der Waals surface area contributed by atoms with E-state index in [1.807, 2.05) is 0 Å². The summed E-state index contributed by atoms with van der Waals surface area (Å²) < 4.78 is 11.1. The molecule has 3 N–H and O–H groups in total. The number of benzene rings is 2. The van der Waals surface area contributed by atoms with Crippen molar-refractivity contribution in [1.29, 1.82) is 0 Å². The fourth-order valence-corrected chi connectivity index (χ4v) is 2.72. The van der Waals surface area contributed by atoms with E-state index in [9.17, 15) is 10.1 Å². The van der Waals surface area contributed by atoms with Crippen LogP contribution in [0.1, 0.15) is 0 Å². The molecule has 0 bridgehead atoms. The molecule has 1 aliphatic heterocycles. The Kier molecular flexibility index (Phi) is 5.88. The number of nitrogen functional groups attached to an aromatic ring is 1. The van der Waals surface area contributed by atoms with E-state index in [2.05, 4.69) is 10.2 Å². The summed E-state index contributed by atoms with van der Waals surface area (Å²) >= 11 is 0. The molecule has 0 aliphatic carbocycles. The first-order chi connectivity index (χ1) is 12.6. The van der Waals surface area contributed by atoms with Gasteiger partial charge in [0.1, 0.15) is 17.2 Å². The van der Waals surface area contributed by atoms with E-state index in [1.165, 1.54) is 6.07 Å². The van der Waals surface area contributed by atoms with Crippen LogP contribution in [-0.2, 0) is 4.74 Å². The van der Waals surface area contributed by atoms with Crippen molar-refractivity contribution < 1.29 is 14.4 Å². The zero-order valence-corrected chi connectivity index (χ0v) is 14.4. The maximum Gasteiger partial charge on any atom is 0.292 e. The van der Waals surface area contributed by atoms with Gasteiger partial charge in [-0.15, -0.1) is 0 Å². The summed E-state index contributed by atoms with van der Waals surface area (Å²) in [6.45, 7) is 4.61. The summed E-state index contributed by atoms with van der Waals surface area (Å²) in [6.07, 6.45) is 0. The predicted octanol–water partition coefficient (Wildman–Crippen LogP) is 2.71. The molecule has 0 radical (unpaired) electrons. The molecule has 0 spiro atoms. The monoisotopic (exact) mass is 358 g/mol. The van der Waals surface area contributed by atoms with Gasteiger partial charge in [-0.3, -0.25) is 15.0 Å². The van der Waals surface area contributed by atoms with E-state index in [1.54, 1.807) is 36.4 Å². The molecule has 0 amide bonds. The Bertz CT molecular complexity index is 745. The van der Waals surface area contributed by atoms with Crippen molar-refractivity contribution in [3.8, 4) is 11.5 Å². The largest absolute Gasteiger partial charge is 0.457 e. The molecule has 26 heavy (non-hydrogen) atoms. The Balaban J connectivity index is 1.67. The Morgan fingerprint density at radius 1 is 1.15 bits per heavy atom. The first kappa shape index (κ1) is 18.0. The standard InChI is InChI=1S/C18H22N4O4/c19-14-1-3-15(4-2-14)26-16-5-6-18(22(23)24)17(13-16)20-7-8-21-9-11-25-12-10-21/h1-6,13,20H,7-12,19H2. The lowest BCUT2D eigenvalue weighted by molar-refractivity contribution is -0.384. The van der Waals surface area contributed by atoms with Gasteiger partial charge in [0, 0.05) is 44.0 Å². The first-order valence-corrected chi connectivity index (χ1v) is 8.47. The summed E-state index contributed by atoms with van der Waals surface area (Å²) in [4.78, 5) is 13.1. The Morgan fingerprint density at radius 2 is 1.85 bits per heavy atom. The highest BCUT2D eigenvalue weighted by Crippen LogP contribution is 2.31. The zero-order valence-electron chi connectivity index (χ0n) is 14.4. The van der Waals surface area contributed by atoms with Gasteiger partial charge >= 0.3 is 0 Å². The second kappa shape index (κ2) is 8.50. The van der Waals surface area contributed by atoms with Gasteiger partial charge in [0.2, 0.25) is 0 Å². The normalized spacial score (nSPS) is 14.8. The smallest absolute Gasteiger partial charge is 0.292 e. The molecule has 2 aromatic rings. The van der Waals surface area contributed by atoms with Gasteiger partial charge in [-0.2, -0.15) is 0 Å². The van der Waals surface area contributed by atoms with Crippen LogP contribution < -0.4 is 15.8 Å². The lowest BCUT2D eigenvalue weighted by Crippen LogP contribution is -2.39. The van der Waals surface area contributed by atoms with E-state index in [-0.39, 0.29) is 5.69 Å². The summed E-state index contributed by atoms with van der Waals surface area (Å²) in [7, 11) is 0. The van der Waals surface area contributed by atoms with Crippen LogP contribution in [0.2, 0.25) is 0 Å². The SMILES string of the molecule is Nc1ccc(Oc2ccc([N+](=O)[O-])c(NCCN3CCOCC3)c2)cc1. The van der Waals surface area contributed by atoms with Crippen molar-refractivity contribution in [2.45, 2.75) is 0 Å². The molecule has 0 unspecified atom stereocenters. The van der Waals surface area contributed by atoms with Crippen molar-refractivity contribution >= 4 is 17.1 Å². The van der Waals surface area contributed by atoms with Crippen LogP contribution in [0.5, 0.6) is 11.5 Å². The molecule has 0 aromatic heterocycles. The molecule has 138 valence electrons. The van der Waals surface area contributed by atoms with E-state index in [0.717, 1.165) is 32.8 Å². The number of nitrogens with zero attached hydrogens (tertiary/aromatic N) is 2. The molecule has 1 fully saturated rings. The van der Waals surface area contributed by atoms with Crippen molar-refractivity contribution in [3.63, 3.8) is 0 Å². The van der Waals surface area contributed by atoms with E-state index >= 15 is 0 Å². The number of hydrogen-bond acceptors (Lipinski definition) is 7. The lowest BCUT2D eigenvalue weighted by Gasteiger charge is -2.26. The summed E-state index contributed by atoms with van der Waals surface area (Å²) in [6, 6.07) is 11.7. The quantitative estimate of drug-likeness (QED) is 0.445. The number of nitro benzene ring substituents is 1. The molecule has 2 aromatic carbocycles. The number of anilines is 2. The Morgan fingerprint density at radius 3 is 2.54 bits per heavy atom. The molecule has 0 saturated carbocycles. The number of nitrogens with two attached hydrogens (primary N) is 1. The van der Waals surface area contributed by atoms with Gasteiger partial charge < -0.3 is 20.5 Å². The minimum absolute atomic E-state index is 0.0247. The third kappa shape index (κ3) is 4.84. The van der Waals surface area contributed by atoms with Crippen molar-refractivity contribution in [1.82, 2.24) is 4.90 Å². The predicted molar refractivity (Wildman–Crippen MR) is 99.8 cm³/mol. The molecular formula is C18H22N4O4. The molecule has 8 heteroatoms. The van der Waals surface area contributed by atoms with Crippen LogP contribution in [0.4, 0.5) is 17.1 Å². The zero-order chi connectivity index (χ0) is 18.4. The Labute approximate surface area is 151 Å². The van der Waals surface area contributed by atoms with Crippen LogP contribution in [-0.4, -0.2) is 49.2 Å². The summed E-state index contributed by atoms with van der Waals surface area (Å²) in [5.74, 6) is 1.14. The maximum atomic E-state index is 11.3. The third-order valence-corrected chi connectivity index (χ3v) is 4.13. The molecule has 8 nitrogen and oxygen atoms in total. The topological polar surface area (TPSA) is 103 Å². The second-order valence-electron chi connectivity index (χ2n) is 5.99. The molecule has 1 heterocycles. The molecule has 0 atom stereocenters. The fraction of sp³-hybridized carbons (Fsp3) is 0.333. The second-order valence-corrected chi connectivity index (χ2v) is 5.99. The number of hydrogen-bond donors (Lipinski definition) is 2. The van der Waals surface area contributed by atoms with Gasteiger partial charge in [0.05, 0.1) is 18.1 Å². The number of ether oxygens (including phenoxy) is 2. The highest BCUT2D eigenvalue weighted by molar-refractivity contribution is 5.64. The van der Waals surface area contributed by atoms with Crippen LogP contribution in [0, 0.1) is 10.1 Å². The average molecular weight is 358 g/mol. The van der Waals surface area contributed by atoms with Crippen LogP contribution >= 0.6 is 0 Å². The highest BCUT2D eigenvalue weighted by atomic mass is 16.6. The molecule has 1 saturated heterocycles. The average Bonchev–Trinajstić information content (AvgIpc) is 2.64. The van der Waals surface area contributed by atoms with Crippen molar-refractivity contribution in [3.05, 3.63) is 52.6 Å². The van der Waals surface area contributed by atoms with Gasteiger partial charge in [-0.25, -0.2) is 0 Å². The van der Waals surface area contributed by atoms with E-state index in [4.69, 9.17) is 15.2 Å². The van der Waals surface area contributed by atoms with Crippen LogP contribution in [0.3, 0.4) is 0 Å². The molecular weight excluding hydrogens is 336 g/mol. The third-order valence-electron chi connectivity index (χ3n) is 4.13. The minimum Gasteiger partial charge on any atom is -0.457 e. The number of rotatable bonds is 7. The van der Waals surface area contributed by atoms with Crippen LogP contribution in [0.15, 0.2) is 42.5 Å². The first-order valence-electron chi connectivity index (χ1n) is 8.47. The van der Waals surface area contributed by atoms with Crippen LogP contribution in [0.25, 0.3) is 0 Å². The van der Waals surface area contributed by atoms with E-state index < -0.39 is 4.92 Å². The Hall–Kier alpha value is -2.84. The van der Waals surface area contributed by atoms with Crippen molar-refractivity contribution in [2.75, 3.05) is 50.4 Å². The summed E-state index contributed by atoms with van der Waals surface area (Å²) in [5.41, 5.74) is 6.77. The van der Waals surface area contributed by atoms with Gasteiger partial charge in [0.15, 0.2) is 0 Å². The van der Waals surface area contributed by atoms with Crippen molar-refractivity contribution in [2.24, 2.45) is 0 Å². The number of morpholine rings is 1. The summed E-state index contributed by atoms with van der Waals surface area (Å²) in [5, 5.41) is 14.4. The number of nitro groups is 1. The fourth-order valence-electron chi connectivity index (χ4n) is 2.72. The minimum atomic E-state index is -0.399. The van der Waals surface area contributed by atoms with E-state index in [0.29, 0.717) is 29.4 Å². The maximum absolute atomic E-state index is 11.3. The van der Waals surface area contributed by atoms with Gasteiger partial charge in [-0.1, -0.05) is 0 Å². The highest BCUT2D eigenvalue weighted by Gasteiger charge is 2.16. The lowest BCUT2D eigenvalue weighted by atomic mass is 10.2. The van der Waals surface area contributed by atoms with Gasteiger partial charge in [-0.05, 0) is 30.3 Å². The number of nitrogens with one attached hydrogen (secondary N) is 1. The molecule has 3 rings (SSSR count). The van der Waals surface area contributed by atoms with Gasteiger partial charge in [0.25, 0.3) is 5.69 Å².